The third-order valence-corrected chi connectivity index (χ3v) is 4.84. The summed E-state index contributed by atoms with van der Waals surface area (Å²) in [4.78, 5) is 14.2. The van der Waals surface area contributed by atoms with Gasteiger partial charge in [0.05, 0.1) is 20.6 Å². The van der Waals surface area contributed by atoms with Crippen molar-refractivity contribution in [1.29, 1.82) is 5.41 Å². The molecule has 0 unspecified atom stereocenters. The Morgan fingerprint density at radius 3 is 2.57 bits per heavy atom. The van der Waals surface area contributed by atoms with Crippen LogP contribution >= 0.6 is 35.0 Å². The van der Waals surface area contributed by atoms with Crippen molar-refractivity contribution in [3.63, 3.8) is 0 Å². The molecule has 2 N–H and O–H groups in total. The Labute approximate surface area is 146 Å². The second-order valence-electron chi connectivity index (χ2n) is 4.71. The molecule has 1 amide bonds. The van der Waals surface area contributed by atoms with E-state index in [1.165, 1.54) is 4.90 Å². The number of phenols is 1. The van der Waals surface area contributed by atoms with Gasteiger partial charge in [0, 0.05) is 5.56 Å². The first-order valence-electron chi connectivity index (χ1n) is 6.53. The Kier molecular flexibility index (Phi) is 4.35. The molecule has 0 bridgehead atoms. The molecule has 1 fully saturated rings. The Balaban J connectivity index is 1.97. The van der Waals surface area contributed by atoms with Gasteiger partial charge in [0.25, 0.3) is 5.91 Å². The zero-order chi connectivity index (χ0) is 16.6. The highest BCUT2D eigenvalue weighted by Crippen LogP contribution is 2.37. The molecular formula is C16H10Cl2N2O2S. The number of amidine groups is 1. The summed E-state index contributed by atoms with van der Waals surface area (Å²) in [5.41, 5.74) is 0.995. The van der Waals surface area contributed by atoms with Crippen LogP contribution in [0.5, 0.6) is 5.75 Å². The summed E-state index contributed by atoms with van der Waals surface area (Å²) in [5, 5.41) is 18.6. The lowest BCUT2D eigenvalue weighted by molar-refractivity contribution is -0.113. The van der Waals surface area contributed by atoms with Gasteiger partial charge < -0.3 is 5.11 Å². The van der Waals surface area contributed by atoms with Crippen LogP contribution in [0.3, 0.4) is 0 Å². The topological polar surface area (TPSA) is 64.4 Å². The molecule has 2 aromatic carbocycles. The van der Waals surface area contributed by atoms with Crippen LogP contribution in [0.1, 0.15) is 5.56 Å². The van der Waals surface area contributed by atoms with Gasteiger partial charge in [-0.05, 0) is 42.1 Å². The van der Waals surface area contributed by atoms with Gasteiger partial charge in [-0.2, -0.15) is 0 Å². The van der Waals surface area contributed by atoms with Crippen LogP contribution in [-0.4, -0.2) is 16.2 Å². The fourth-order valence-electron chi connectivity index (χ4n) is 2.10. The third kappa shape index (κ3) is 3.08. The van der Waals surface area contributed by atoms with Gasteiger partial charge in [-0.25, -0.2) is 0 Å². The van der Waals surface area contributed by atoms with Gasteiger partial charge in [0.2, 0.25) is 0 Å². The monoisotopic (exact) mass is 364 g/mol. The molecule has 0 spiro atoms. The maximum absolute atomic E-state index is 12.6. The maximum Gasteiger partial charge on any atom is 0.271 e. The molecule has 7 heteroatoms. The first kappa shape index (κ1) is 15.9. The smallest absolute Gasteiger partial charge is 0.271 e. The zero-order valence-corrected chi connectivity index (χ0v) is 13.9. The minimum atomic E-state index is -0.346. The molecule has 0 saturated carbocycles. The van der Waals surface area contributed by atoms with E-state index in [0.717, 1.165) is 11.8 Å². The summed E-state index contributed by atoms with van der Waals surface area (Å²) in [5.74, 6) is -0.269. The summed E-state index contributed by atoms with van der Waals surface area (Å²) < 4.78 is 0. The first-order chi connectivity index (χ1) is 11.0. The Morgan fingerprint density at radius 1 is 1.13 bits per heavy atom. The minimum Gasteiger partial charge on any atom is -0.507 e. The maximum atomic E-state index is 12.6. The van der Waals surface area contributed by atoms with Crippen molar-refractivity contribution >= 4 is 57.8 Å². The van der Waals surface area contributed by atoms with E-state index in [2.05, 4.69) is 0 Å². The Bertz CT molecular complexity index is 852. The van der Waals surface area contributed by atoms with Crippen molar-refractivity contribution in [3.8, 4) is 5.75 Å². The van der Waals surface area contributed by atoms with Crippen molar-refractivity contribution in [3.05, 3.63) is 63.0 Å². The quantitative estimate of drug-likeness (QED) is 0.755. The van der Waals surface area contributed by atoms with Gasteiger partial charge in [-0.1, -0.05) is 41.4 Å². The molecule has 116 valence electrons. The summed E-state index contributed by atoms with van der Waals surface area (Å²) in [6, 6.07) is 11.4. The molecule has 0 radical (unpaired) electrons. The van der Waals surface area contributed by atoms with E-state index < -0.39 is 0 Å². The van der Waals surface area contributed by atoms with E-state index in [9.17, 15) is 9.90 Å². The molecule has 1 saturated heterocycles. The standard InChI is InChI=1S/C16H10Cl2N2O2S/c17-11-6-5-10(8-12(11)18)20-15(22)14(23-16(20)19)7-9-3-1-2-4-13(9)21/h1-8,19,21H/b14-7-,19-16?. The van der Waals surface area contributed by atoms with E-state index in [1.54, 1.807) is 48.5 Å². The van der Waals surface area contributed by atoms with E-state index in [-0.39, 0.29) is 16.8 Å². The van der Waals surface area contributed by atoms with Crippen LogP contribution in [0.2, 0.25) is 10.0 Å². The number of carbonyl (C=O) groups excluding carboxylic acids is 1. The normalized spacial score (nSPS) is 16.4. The van der Waals surface area contributed by atoms with E-state index in [1.807, 2.05) is 0 Å². The van der Waals surface area contributed by atoms with Crippen LogP contribution in [-0.2, 0) is 4.79 Å². The first-order valence-corrected chi connectivity index (χ1v) is 8.10. The van der Waals surface area contributed by atoms with Crippen molar-refractivity contribution in [2.45, 2.75) is 0 Å². The molecule has 3 rings (SSSR count). The molecule has 0 atom stereocenters. The molecule has 1 aliphatic heterocycles. The molecule has 0 aromatic heterocycles. The molecule has 4 nitrogen and oxygen atoms in total. The number of halogens is 2. The lowest BCUT2D eigenvalue weighted by Gasteiger charge is -2.14. The number of aromatic hydroxyl groups is 1. The molecule has 1 heterocycles. The molecule has 2 aromatic rings. The van der Waals surface area contributed by atoms with Crippen LogP contribution in [0.25, 0.3) is 6.08 Å². The molecule has 23 heavy (non-hydrogen) atoms. The minimum absolute atomic E-state index is 0.0649. The second kappa shape index (κ2) is 6.28. The Hall–Kier alpha value is -1.95. The van der Waals surface area contributed by atoms with Gasteiger partial charge >= 0.3 is 0 Å². The summed E-state index contributed by atoms with van der Waals surface area (Å²) in [6.07, 6.45) is 1.56. The highest BCUT2D eigenvalue weighted by Gasteiger charge is 2.33. The zero-order valence-electron chi connectivity index (χ0n) is 11.6. The lowest BCUT2D eigenvalue weighted by Crippen LogP contribution is -2.28. The van der Waals surface area contributed by atoms with Crippen LogP contribution in [0, 0.1) is 5.41 Å². The number of benzene rings is 2. The van der Waals surface area contributed by atoms with E-state index in [4.69, 9.17) is 28.6 Å². The van der Waals surface area contributed by atoms with Crippen molar-refractivity contribution in [1.82, 2.24) is 0 Å². The predicted octanol–water partition coefficient (Wildman–Crippen LogP) is 4.75. The van der Waals surface area contributed by atoms with Crippen molar-refractivity contribution in [2.75, 3.05) is 4.90 Å². The van der Waals surface area contributed by atoms with E-state index >= 15 is 0 Å². The van der Waals surface area contributed by atoms with Crippen molar-refractivity contribution in [2.24, 2.45) is 0 Å². The number of anilines is 1. The van der Waals surface area contributed by atoms with Crippen molar-refractivity contribution < 1.29 is 9.90 Å². The largest absolute Gasteiger partial charge is 0.507 e. The van der Waals surface area contributed by atoms with Crippen LogP contribution in [0.15, 0.2) is 47.4 Å². The van der Waals surface area contributed by atoms with Crippen LogP contribution < -0.4 is 4.90 Å². The summed E-state index contributed by atoms with van der Waals surface area (Å²) in [7, 11) is 0. The SMILES string of the molecule is N=C1S/C(=C\c2ccccc2O)C(=O)N1c1ccc(Cl)c(Cl)c1. The fraction of sp³-hybridized carbons (Fsp3) is 0. The van der Waals surface area contributed by atoms with Gasteiger partial charge in [0.1, 0.15) is 5.75 Å². The number of hydrogen-bond donors (Lipinski definition) is 2. The van der Waals surface area contributed by atoms with E-state index in [0.29, 0.717) is 26.2 Å². The number of carbonyl (C=O) groups is 1. The fourth-order valence-corrected chi connectivity index (χ4v) is 3.24. The molecular weight excluding hydrogens is 355 g/mol. The molecule has 0 aliphatic carbocycles. The Morgan fingerprint density at radius 2 is 1.87 bits per heavy atom. The highest BCUT2D eigenvalue weighted by molar-refractivity contribution is 8.19. The number of phenolic OH excluding ortho intramolecular Hbond substituents is 1. The van der Waals surface area contributed by atoms with Gasteiger partial charge in [-0.15, -0.1) is 0 Å². The lowest BCUT2D eigenvalue weighted by atomic mass is 10.2. The second-order valence-corrected chi connectivity index (χ2v) is 6.56. The average Bonchev–Trinajstić information content (AvgIpc) is 2.79. The highest BCUT2D eigenvalue weighted by atomic mass is 35.5. The summed E-state index contributed by atoms with van der Waals surface area (Å²) >= 11 is 12.9. The summed E-state index contributed by atoms with van der Waals surface area (Å²) in [6.45, 7) is 0. The van der Waals surface area contributed by atoms with Gasteiger partial charge in [0.15, 0.2) is 5.17 Å². The number of amides is 1. The number of rotatable bonds is 2. The number of para-hydroxylation sites is 1. The number of nitrogens with one attached hydrogen (secondary N) is 1. The van der Waals surface area contributed by atoms with Gasteiger partial charge in [-0.3, -0.25) is 15.1 Å². The number of nitrogens with zero attached hydrogens (tertiary/aromatic N) is 1. The average molecular weight is 365 g/mol. The predicted molar refractivity (Wildman–Crippen MR) is 95.3 cm³/mol. The third-order valence-electron chi connectivity index (χ3n) is 3.21. The van der Waals surface area contributed by atoms with Crippen LogP contribution in [0.4, 0.5) is 5.69 Å². The number of hydrogen-bond acceptors (Lipinski definition) is 4. The molecule has 1 aliphatic rings. The number of thioether (sulfide) groups is 1.